The summed E-state index contributed by atoms with van der Waals surface area (Å²) in [5, 5.41) is 3.64. The van der Waals surface area contributed by atoms with E-state index >= 15 is 0 Å². The summed E-state index contributed by atoms with van der Waals surface area (Å²) >= 11 is 0. The first-order valence-corrected chi connectivity index (χ1v) is 5.95. The van der Waals surface area contributed by atoms with Crippen LogP contribution in [-0.2, 0) is 0 Å². The summed E-state index contributed by atoms with van der Waals surface area (Å²) in [4.78, 5) is 0. The Bertz CT molecular complexity index is 132. The third-order valence-electron chi connectivity index (χ3n) is 3.72. The van der Waals surface area contributed by atoms with Gasteiger partial charge in [0.15, 0.2) is 0 Å². The first-order chi connectivity index (χ1) is 6.20. The number of nitrogens with one attached hydrogen (secondary N) is 1. The molecule has 1 aliphatic heterocycles. The van der Waals surface area contributed by atoms with Gasteiger partial charge in [-0.15, -0.1) is 0 Å². The summed E-state index contributed by atoms with van der Waals surface area (Å²) in [7, 11) is 0. The molecule has 14 heavy (non-hydrogen) atoms. The number of hydrogen-bond donors (Lipinski definition) is 1. The monoisotopic (exact) mass is 199 g/mol. The lowest BCUT2D eigenvalue weighted by Crippen LogP contribution is -2.36. The Kier molecular flexibility index (Phi) is 6.43. The second-order valence-electron chi connectivity index (χ2n) is 4.81. The van der Waals surface area contributed by atoms with Crippen LogP contribution in [0, 0.1) is 5.92 Å². The standard InChI is InChI=1S/C12H25N.CH4/c1-4-11(5-2)7-9-12(3)8-6-10-13-12;/h11,13H,4-10H2,1-3H3;1H4. The van der Waals surface area contributed by atoms with E-state index in [1.165, 1.54) is 45.1 Å². The van der Waals surface area contributed by atoms with Crippen LogP contribution in [0.25, 0.3) is 0 Å². The van der Waals surface area contributed by atoms with Gasteiger partial charge in [-0.3, -0.25) is 0 Å². The smallest absolute Gasteiger partial charge is 0.0153 e. The highest BCUT2D eigenvalue weighted by atomic mass is 15.0. The van der Waals surface area contributed by atoms with E-state index in [2.05, 4.69) is 26.1 Å². The maximum Gasteiger partial charge on any atom is 0.0153 e. The summed E-state index contributed by atoms with van der Waals surface area (Å²) < 4.78 is 0. The Morgan fingerprint density at radius 1 is 1.29 bits per heavy atom. The van der Waals surface area contributed by atoms with Crippen molar-refractivity contribution in [2.45, 2.75) is 72.3 Å². The molecule has 1 N–H and O–H groups in total. The Hall–Kier alpha value is -0.0400. The van der Waals surface area contributed by atoms with Crippen molar-refractivity contribution in [3.8, 4) is 0 Å². The van der Waals surface area contributed by atoms with Crippen LogP contribution in [-0.4, -0.2) is 12.1 Å². The lowest BCUT2D eigenvalue weighted by Gasteiger charge is -2.26. The van der Waals surface area contributed by atoms with Gasteiger partial charge in [-0.1, -0.05) is 34.1 Å². The molecule has 1 heteroatoms. The Morgan fingerprint density at radius 2 is 1.93 bits per heavy atom. The lowest BCUT2D eigenvalue weighted by molar-refractivity contribution is 0.323. The number of rotatable bonds is 5. The normalized spacial score (nSPS) is 26.6. The van der Waals surface area contributed by atoms with E-state index in [9.17, 15) is 0 Å². The molecule has 86 valence electrons. The van der Waals surface area contributed by atoms with Crippen LogP contribution in [0.4, 0.5) is 0 Å². The van der Waals surface area contributed by atoms with Crippen molar-refractivity contribution < 1.29 is 0 Å². The lowest BCUT2D eigenvalue weighted by atomic mass is 9.87. The quantitative estimate of drug-likeness (QED) is 0.706. The second kappa shape index (κ2) is 6.44. The largest absolute Gasteiger partial charge is 0.312 e. The highest BCUT2D eigenvalue weighted by Gasteiger charge is 2.27. The van der Waals surface area contributed by atoms with E-state index in [-0.39, 0.29) is 7.43 Å². The zero-order chi connectivity index (χ0) is 9.73. The van der Waals surface area contributed by atoms with Crippen molar-refractivity contribution in [3.63, 3.8) is 0 Å². The van der Waals surface area contributed by atoms with Crippen LogP contribution >= 0.6 is 0 Å². The molecule has 0 saturated carbocycles. The molecule has 0 spiro atoms. The van der Waals surface area contributed by atoms with Gasteiger partial charge in [0.25, 0.3) is 0 Å². The molecule has 0 aliphatic carbocycles. The molecule has 1 rings (SSSR count). The third-order valence-corrected chi connectivity index (χ3v) is 3.72. The fourth-order valence-electron chi connectivity index (χ4n) is 2.39. The van der Waals surface area contributed by atoms with Crippen LogP contribution in [0.15, 0.2) is 0 Å². The molecule has 1 atom stereocenters. The summed E-state index contributed by atoms with van der Waals surface area (Å²) in [6, 6.07) is 0. The van der Waals surface area contributed by atoms with E-state index in [1.807, 2.05) is 0 Å². The van der Waals surface area contributed by atoms with E-state index in [4.69, 9.17) is 0 Å². The molecule has 1 fully saturated rings. The molecule has 0 aromatic carbocycles. The van der Waals surface area contributed by atoms with Crippen molar-refractivity contribution in [1.29, 1.82) is 0 Å². The van der Waals surface area contributed by atoms with Gasteiger partial charge in [0.1, 0.15) is 0 Å². The van der Waals surface area contributed by atoms with E-state index < -0.39 is 0 Å². The summed E-state index contributed by atoms with van der Waals surface area (Å²) in [6.45, 7) is 8.26. The second-order valence-corrected chi connectivity index (χ2v) is 4.81. The van der Waals surface area contributed by atoms with Gasteiger partial charge in [-0.05, 0) is 45.1 Å². The van der Waals surface area contributed by atoms with Gasteiger partial charge < -0.3 is 5.32 Å². The van der Waals surface area contributed by atoms with E-state index in [0.29, 0.717) is 5.54 Å². The minimum absolute atomic E-state index is 0. The molecule has 1 saturated heterocycles. The fourth-order valence-corrected chi connectivity index (χ4v) is 2.39. The molecule has 0 amide bonds. The highest BCUT2D eigenvalue weighted by Crippen LogP contribution is 2.27. The molecular weight excluding hydrogens is 170 g/mol. The van der Waals surface area contributed by atoms with Gasteiger partial charge in [0, 0.05) is 5.54 Å². The maximum atomic E-state index is 3.64. The van der Waals surface area contributed by atoms with Crippen LogP contribution in [0.3, 0.4) is 0 Å². The van der Waals surface area contributed by atoms with Gasteiger partial charge in [0.05, 0.1) is 0 Å². The van der Waals surface area contributed by atoms with Gasteiger partial charge >= 0.3 is 0 Å². The Balaban J connectivity index is 0.00000169. The molecule has 1 nitrogen and oxygen atoms in total. The Labute approximate surface area is 90.7 Å². The van der Waals surface area contributed by atoms with E-state index in [1.54, 1.807) is 0 Å². The zero-order valence-corrected chi connectivity index (χ0v) is 9.53. The topological polar surface area (TPSA) is 12.0 Å². The average molecular weight is 199 g/mol. The first-order valence-electron chi connectivity index (χ1n) is 5.95. The maximum absolute atomic E-state index is 3.64. The van der Waals surface area contributed by atoms with Crippen molar-refractivity contribution in [1.82, 2.24) is 5.32 Å². The zero-order valence-electron chi connectivity index (χ0n) is 9.53. The summed E-state index contributed by atoms with van der Waals surface area (Å²) in [6.07, 6.45) is 8.25. The molecule has 0 aromatic heterocycles. The third kappa shape index (κ3) is 4.00. The highest BCUT2D eigenvalue weighted by molar-refractivity contribution is 4.88. The minimum atomic E-state index is 0. The predicted octanol–water partition coefficient (Wildman–Crippen LogP) is 3.98. The SMILES string of the molecule is C.CCC(CC)CCC1(C)CCCN1. The van der Waals surface area contributed by atoms with Crippen molar-refractivity contribution in [3.05, 3.63) is 0 Å². The van der Waals surface area contributed by atoms with Crippen molar-refractivity contribution in [2.75, 3.05) is 6.54 Å². The molecule has 0 aromatic rings. The van der Waals surface area contributed by atoms with Crippen LogP contribution in [0.5, 0.6) is 0 Å². The minimum Gasteiger partial charge on any atom is -0.312 e. The average Bonchev–Trinajstić information content (AvgIpc) is 2.55. The van der Waals surface area contributed by atoms with Crippen LogP contribution in [0.2, 0.25) is 0 Å². The predicted molar refractivity (Wildman–Crippen MR) is 65.7 cm³/mol. The summed E-state index contributed by atoms with van der Waals surface area (Å²) in [5.41, 5.74) is 0.475. The fraction of sp³-hybridized carbons (Fsp3) is 1.00. The van der Waals surface area contributed by atoms with Gasteiger partial charge in [0.2, 0.25) is 0 Å². The number of hydrogen-bond acceptors (Lipinski definition) is 1. The van der Waals surface area contributed by atoms with Gasteiger partial charge in [-0.2, -0.15) is 0 Å². The molecular formula is C13H29N. The van der Waals surface area contributed by atoms with E-state index in [0.717, 1.165) is 5.92 Å². The summed E-state index contributed by atoms with van der Waals surface area (Å²) in [5.74, 6) is 0.958. The van der Waals surface area contributed by atoms with Gasteiger partial charge in [-0.25, -0.2) is 0 Å². The molecule has 1 aliphatic rings. The molecule has 0 bridgehead atoms. The first kappa shape index (κ1) is 14.0. The van der Waals surface area contributed by atoms with Crippen molar-refractivity contribution >= 4 is 0 Å². The molecule has 1 heterocycles. The molecule has 1 unspecified atom stereocenters. The Morgan fingerprint density at radius 3 is 2.36 bits per heavy atom. The van der Waals surface area contributed by atoms with Crippen LogP contribution in [0.1, 0.15) is 66.7 Å². The molecule has 0 radical (unpaired) electrons. The van der Waals surface area contributed by atoms with Crippen LogP contribution < -0.4 is 5.32 Å². The van der Waals surface area contributed by atoms with Crippen molar-refractivity contribution in [2.24, 2.45) is 5.92 Å².